The molecule has 1 aliphatic heterocycles. The molecule has 0 bridgehead atoms. The Bertz CT molecular complexity index is 1010. The summed E-state index contributed by atoms with van der Waals surface area (Å²) in [5.74, 6) is 0. The van der Waals surface area contributed by atoms with Crippen molar-refractivity contribution in [2.75, 3.05) is 6.26 Å². The number of aromatic nitrogens is 3. The minimum atomic E-state index is -0.241. The molecule has 0 fully saturated rings. The lowest BCUT2D eigenvalue weighted by Crippen LogP contribution is -2.33. The van der Waals surface area contributed by atoms with Gasteiger partial charge >= 0.3 is 0 Å². The molecule has 2 aromatic heterocycles. The van der Waals surface area contributed by atoms with E-state index >= 15 is 0 Å². The number of hydrogen-bond donors (Lipinski definition) is 0. The van der Waals surface area contributed by atoms with Crippen LogP contribution in [0.3, 0.4) is 0 Å². The maximum Gasteiger partial charge on any atom is 0.268 e. The number of thioether (sulfide) groups is 1. The largest absolute Gasteiger partial charge is 0.370 e. The van der Waals surface area contributed by atoms with Crippen molar-refractivity contribution in [2.24, 2.45) is 0 Å². The molecule has 0 N–H and O–H groups in total. The lowest BCUT2D eigenvalue weighted by Gasteiger charge is -2.31. The van der Waals surface area contributed by atoms with Gasteiger partial charge in [0, 0.05) is 12.0 Å². The van der Waals surface area contributed by atoms with Gasteiger partial charge in [-0.25, -0.2) is 9.97 Å². The number of ether oxygens (including phenoxy) is 1. The first-order chi connectivity index (χ1) is 12.0. The molecule has 3 aromatic rings. The van der Waals surface area contributed by atoms with Gasteiger partial charge in [0.15, 0.2) is 10.8 Å². The fourth-order valence-electron chi connectivity index (χ4n) is 3.12. The fourth-order valence-corrected chi connectivity index (χ4v) is 3.67. The van der Waals surface area contributed by atoms with Gasteiger partial charge in [0.05, 0.1) is 29.0 Å². The third kappa shape index (κ3) is 2.85. The number of hydrogen-bond acceptors (Lipinski definition) is 5. The van der Waals surface area contributed by atoms with Gasteiger partial charge in [0.1, 0.15) is 0 Å². The van der Waals surface area contributed by atoms with Crippen molar-refractivity contribution in [3.63, 3.8) is 0 Å². The van der Waals surface area contributed by atoms with Crippen molar-refractivity contribution in [3.05, 3.63) is 58.0 Å². The number of nitrogens with zero attached hydrogens (tertiary/aromatic N) is 3. The number of fused-ring (bicyclic) bond motifs is 2. The third-order valence-corrected chi connectivity index (χ3v) is 5.04. The van der Waals surface area contributed by atoms with E-state index in [1.54, 1.807) is 4.57 Å². The first-order valence-corrected chi connectivity index (χ1v) is 9.40. The molecule has 3 heterocycles. The Morgan fingerprint density at radius 1 is 1.20 bits per heavy atom. The smallest absolute Gasteiger partial charge is 0.268 e. The predicted molar refractivity (Wildman–Crippen MR) is 99.5 cm³/mol. The van der Waals surface area contributed by atoms with Crippen LogP contribution in [-0.4, -0.2) is 26.4 Å². The van der Waals surface area contributed by atoms with Crippen LogP contribution in [0, 0.1) is 0 Å². The first kappa shape index (κ1) is 16.3. The van der Waals surface area contributed by atoms with E-state index in [4.69, 9.17) is 9.72 Å². The zero-order valence-electron chi connectivity index (χ0n) is 14.4. The number of benzene rings is 1. The molecule has 1 aromatic carbocycles. The summed E-state index contributed by atoms with van der Waals surface area (Å²) in [5, 5.41) is 1.17. The summed E-state index contributed by atoms with van der Waals surface area (Å²) in [6.07, 6.45) is 2.64. The summed E-state index contributed by atoms with van der Waals surface area (Å²) in [6, 6.07) is 11.5. The van der Waals surface area contributed by atoms with Gasteiger partial charge in [-0.2, -0.15) is 0 Å². The lowest BCUT2D eigenvalue weighted by molar-refractivity contribution is -0.0411. The van der Waals surface area contributed by atoms with Gasteiger partial charge in [0.25, 0.3) is 5.56 Å². The van der Waals surface area contributed by atoms with Crippen LogP contribution < -0.4 is 5.56 Å². The Kier molecular flexibility index (Phi) is 3.89. The van der Waals surface area contributed by atoms with Gasteiger partial charge in [-0.15, -0.1) is 0 Å². The zero-order chi connectivity index (χ0) is 17.6. The Balaban J connectivity index is 1.98. The highest BCUT2D eigenvalue weighted by Gasteiger charge is 2.28. The molecule has 0 spiro atoms. The van der Waals surface area contributed by atoms with Crippen molar-refractivity contribution < 1.29 is 4.74 Å². The van der Waals surface area contributed by atoms with Gasteiger partial charge in [-0.1, -0.05) is 30.0 Å². The Morgan fingerprint density at radius 3 is 2.68 bits per heavy atom. The van der Waals surface area contributed by atoms with Crippen LogP contribution in [0.4, 0.5) is 0 Å². The average Bonchev–Trinajstić information content (AvgIpc) is 2.60. The van der Waals surface area contributed by atoms with E-state index in [2.05, 4.69) is 18.8 Å². The van der Waals surface area contributed by atoms with Crippen molar-refractivity contribution in [2.45, 2.75) is 37.6 Å². The van der Waals surface area contributed by atoms with Gasteiger partial charge < -0.3 is 4.74 Å². The van der Waals surface area contributed by atoms with Crippen LogP contribution in [0.5, 0.6) is 0 Å². The van der Waals surface area contributed by atoms with Crippen LogP contribution in [0.25, 0.3) is 16.7 Å². The summed E-state index contributed by atoms with van der Waals surface area (Å²) in [6.45, 7) is 4.58. The molecule has 0 aliphatic carbocycles. The van der Waals surface area contributed by atoms with E-state index in [-0.39, 0.29) is 11.2 Å². The predicted octanol–water partition coefficient (Wildman–Crippen LogP) is 3.35. The Morgan fingerprint density at radius 2 is 1.96 bits per heavy atom. The minimum absolute atomic E-state index is 0.0966. The molecule has 25 heavy (non-hydrogen) atoms. The van der Waals surface area contributed by atoms with Crippen molar-refractivity contribution in [1.29, 1.82) is 0 Å². The van der Waals surface area contributed by atoms with E-state index in [0.29, 0.717) is 22.8 Å². The topological polar surface area (TPSA) is 57.0 Å². The molecule has 0 atom stereocenters. The van der Waals surface area contributed by atoms with E-state index in [9.17, 15) is 4.79 Å². The van der Waals surface area contributed by atoms with Crippen LogP contribution >= 0.6 is 11.8 Å². The van der Waals surface area contributed by atoms with E-state index in [1.807, 2.05) is 42.7 Å². The van der Waals surface area contributed by atoms with Gasteiger partial charge in [-0.3, -0.25) is 9.36 Å². The van der Waals surface area contributed by atoms with Crippen LogP contribution in [0.2, 0.25) is 0 Å². The van der Waals surface area contributed by atoms with Crippen molar-refractivity contribution in [3.8, 4) is 5.69 Å². The highest BCUT2D eigenvalue weighted by molar-refractivity contribution is 7.98. The second kappa shape index (κ2) is 5.97. The SMILES string of the molecule is CSc1nc2nc3c(cc2c(=O)n1-c1ccccc1)COC(C)(C)C3. The molecular formula is C19H19N3O2S. The second-order valence-electron chi connectivity index (χ2n) is 6.77. The van der Waals surface area contributed by atoms with Crippen molar-refractivity contribution in [1.82, 2.24) is 14.5 Å². The van der Waals surface area contributed by atoms with Gasteiger partial charge in [0.2, 0.25) is 0 Å². The lowest BCUT2D eigenvalue weighted by atomic mass is 9.95. The van der Waals surface area contributed by atoms with Crippen LogP contribution in [-0.2, 0) is 17.8 Å². The average molecular weight is 353 g/mol. The van der Waals surface area contributed by atoms with Gasteiger partial charge in [-0.05, 0) is 38.3 Å². The van der Waals surface area contributed by atoms with E-state index < -0.39 is 0 Å². The maximum atomic E-state index is 13.2. The van der Waals surface area contributed by atoms with Crippen LogP contribution in [0.15, 0.2) is 46.3 Å². The van der Waals surface area contributed by atoms with E-state index in [1.165, 1.54) is 11.8 Å². The number of para-hydroxylation sites is 1. The molecule has 5 nitrogen and oxygen atoms in total. The third-order valence-electron chi connectivity index (χ3n) is 4.41. The number of pyridine rings is 1. The summed E-state index contributed by atoms with van der Waals surface area (Å²) >= 11 is 1.44. The molecule has 0 amide bonds. The summed E-state index contributed by atoms with van der Waals surface area (Å²) in [5.41, 5.74) is 2.93. The molecule has 0 radical (unpaired) electrons. The second-order valence-corrected chi connectivity index (χ2v) is 7.54. The molecule has 4 rings (SSSR count). The summed E-state index contributed by atoms with van der Waals surface area (Å²) in [7, 11) is 0. The highest BCUT2D eigenvalue weighted by Crippen LogP contribution is 2.28. The molecule has 6 heteroatoms. The molecule has 128 valence electrons. The Hall–Kier alpha value is -2.18. The maximum absolute atomic E-state index is 13.2. The molecule has 0 saturated heterocycles. The summed E-state index contributed by atoms with van der Waals surface area (Å²) < 4.78 is 7.51. The molecule has 1 aliphatic rings. The fraction of sp³-hybridized carbons (Fsp3) is 0.316. The number of rotatable bonds is 2. The van der Waals surface area contributed by atoms with E-state index in [0.717, 1.165) is 23.4 Å². The molecule has 0 unspecified atom stereocenters. The zero-order valence-corrected chi connectivity index (χ0v) is 15.3. The highest BCUT2D eigenvalue weighted by atomic mass is 32.2. The Labute approximate surface area is 150 Å². The first-order valence-electron chi connectivity index (χ1n) is 8.17. The molecule has 0 saturated carbocycles. The summed E-state index contributed by atoms with van der Waals surface area (Å²) in [4.78, 5) is 22.5. The minimum Gasteiger partial charge on any atom is -0.370 e. The van der Waals surface area contributed by atoms with Crippen molar-refractivity contribution >= 4 is 22.8 Å². The van der Waals surface area contributed by atoms with Crippen LogP contribution in [0.1, 0.15) is 25.1 Å². The molecular weight excluding hydrogens is 334 g/mol. The standard InChI is InChI=1S/C19H19N3O2S/c1-19(2)10-15-12(11-24-19)9-14-16(20-15)21-18(25-3)22(17(14)23)13-7-5-4-6-8-13/h4-9H,10-11H2,1-3H3. The normalized spacial score (nSPS) is 16.0. The quantitative estimate of drug-likeness (QED) is 0.522. The monoisotopic (exact) mass is 353 g/mol.